The molecule has 2 rings (SSSR count). The zero-order chi connectivity index (χ0) is 17.1. The van der Waals surface area contributed by atoms with Crippen LogP contribution in [0.25, 0.3) is 0 Å². The van der Waals surface area contributed by atoms with Gasteiger partial charge in [0.1, 0.15) is 0 Å². The molecule has 8 heteroatoms. The number of hydrogen-bond donors (Lipinski definition) is 0. The molecule has 23 heavy (non-hydrogen) atoms. The number of carbonyl (C=O) groups is 1. The van der Waals surface area contributed by atoms with Gasteiger partial charge in [-0.2, -0.15) is 0 Å². The minimum atomic E-state index is -3.87. The van der Waals surface area contributed by atoms with E-state index in [1.165, 1.54) is 24.3 Å². The number of hydrogen-bond acceptors (Lipinski definition) is 6. The Labute approximate surface area is 134 Å². The lowest BCUT2D eigenvalue weighted by atomic mass is 10.4. The number of carbonyl (C=O) groups excluding carboxylic acids is 1. The highest BCUT2D eigenvalue weighted by Gasteiger charge is 2.22. The van der Waals surface area contributed by atoms with E-state index in [0.717, 1.165) is 19.2 Å². The summed E-state index contributed by atoms with van der Waals surface area (Å²) in [6, 6.07) is 12.5. The van der Waals surface area contributed by atoms with Gasteiger partial charge in [-0.25, -0.2) is 16.8 Å². The number of sulfone groups is 2. The van der Waals surface area contributed by atoms with Crippen molar-refractivity contribution < 1.29 is 26.4 Å². The Balaban J connectivity index is 2.35. The lowest BCUT2D eigenvalue weighted by Crippen LogP contribution is -2.17. The van der Waals surface area contributed by atoms with Gasteiger partial charge in [-0.15, -0.1) is 0 Å². The minimum absolute atomic E-state index is 0.0271. The fourth-order valence-electron chi connectivity index (χ4n) is 1.86. The van der Waals surface area contributed by atoms with E-state index >= 15 is 0 Å². The van der Waals surface area contributed by atoms with Gasteiger partial charge in [0.25, 0.3) is 0 Å². The van der Waals surface area contributed by atoms with Crippen molar-refractivity contribution in [3.8, 4) is 0 Å². The van der Waals surface area contributed by atoms with E-state index in [9.17, 15) is 21.6 Å². The molecule has 0 aliphatic carbocycles. The van der Waals surface area contributed by atoms with Crippen LogP contribution in [0.2, 0.25) is 0 Å². The van der Waals surface area contributed by atoms with E-state index in [4.69, 9.17) is 0 Å². The highest BCUT2D eigenvalue weighted by molar-refractivity contribution is 7.92. The molecule has 0 heterocycles. The van der Waals surface area contributed by atoms with Crippen LogP contribution in [0.15, 0.2) is 69.3 Å². The monoisotopic (exact) mass is 354 g/mol. The lowest BCUT2D eigenvalue weighted by molar-refractivity contribution is -0.137. The van der Waals surface area contributed by atoms with Crippen LogP contribution in [0.4, 0.5) is 0 Å². The largest absolute Gasteiger partial charge is 0.468 e. The smallest absolute Gasteiger partial charge is 0.321 e. The quantitative estimate of drug-likeness (QED) is 0.755. The van der Waals surface area contributed by atoms with Gasteiger partial charge < -0.3 is 4.74 Å². The van der Waals surface area contributed by atoms with E-state index in [0.29, 0.717) is 0 Å². The van der Waals surface area contributed by atoms with E-state index in [1.807, 2.05) is 0 Å². The highest BCUT2D eigenvalue weighted by atomic mass is 32.2. The van der Waals surface area contributed by atoms with Crippen molar-refractivity contribution in [1.29, 1.82) is 0 Å². The third kappa shape index (κ3) is 3.77. The molecular weight excluding hydrogens is 340 g/mol. The first-order chi connectivity index (χ1) is 10.8. The molecule has 0 aliphatic heterocycles. The van der Waals surface area contributed by atoms with Crippen molar-refractivity contribution in [2.75, 3.05) is 12.9 Å². The summed E-state index contributed by atoms with van der Waals surface area (Å²) in [5.41, 5.74) is 0. The molecule has 0 radical (unpaired) electrons. The van der Waals surface area contributed by atoms with Gasteiger partial charge in [-0.1, -0.05) is 18.2 Å². The number of esters is 1. The molecule has 0 aliphatic rings. The van der Waals surface area contributed by atoms with Crippen LogP contribution >= 0.6 is 0 Å². The third-order valence-electron chi connectivity index (χ3n) is 3.08. The van der Waals surface area contributed by atoms with Crippen molar-refractivity contribution in [3.05, 3.63) is 54.6 Å². The van der Waals surface area contributed by atoms with Gasteiger partial charge >= 0.3 is 5.97 Å². The summed E-state index contributed by atoms with van der Waals surface area (Å²) in [6.07, 6.45) is 0. The normalized spacial score (nSPS) is 11.9. The molecule has 122 valence electrons. The first kappa shape index (κ1) is 17.2. The Morgan fingerprint density at radius 2 is 1.30 bits per heavy atom. The summed E-state index contributed by atoms with van der Waals surface area (Å²) in [6.45, 7) is 0. The van der Waals surface area contributed by atoms with Crippen LogP contribution in [0.1, 0.15) is 0 Å². The van der Waals surface area contributed by atoms with Crippen molar-refractivity contribution >= 4 is 25.6 Å². The van der Waals surface area contributed by atoms with Crippen LogP contribution in [0.3, 0.4) is 0 Å². The maximum absolute atomic E-state index is 12.4. The first-order valence-electron chi connectivity index (χ1n) is 6.47. The molecule has 0 N–H and O–H groups in total. The summed E-state index contributed by atoms with van der Waals surface area (Å²) in [5, 5.41) is 0. The number of benzene rings is 2. The Morgan fingerprint density at radius 1 is 0.826 bits per heavy atom. The molecule has 0 aromatic heterocycles. The van der Waals surface area contributed by atoms with Crippen LogP contribution in [-0.4, -0.2) is 35.7 Å². The molecule has 0 fully saturated rings. The molecular formula is C15H14O6S2. The van der Waals surface area contributed by atoms with E-state index in [1.54, 1.807) is 18.2 Å². The van der Waals surface area contributed by atoms with Crippen LogP contribution in [-0.2, 0) is 29.2 Å². The highest BCUT2D eigenvalue weighted by Crippen LogP contribution is 2.22. The molecule has 0 spiro atoms. The van der Waals surface area contributed by atoms with Crippen molar-refractivity contribution in [1.82, 2.24) is 0 Å². The van der Waals surface area contributed by atoms with Gasteiger partial charge in [0.05, 0.1) is 21.8 Å². The van der Waals surface area contributed by atoms with Gasteiger partial charge in [0, 0.05) is 0 Å². The minimum Gasteiger partial charge on any atom is -0.468 e. The zero-order valence-corrected chi connectivity index (χ0v) is 13.8. The molecule has 2 aromatic rings. The Bertz CT molecular complexity index is 898. The van der Waals surface area contributed by atoms with Crippen molar-refractivity contribution in [2.24, 2.45) is 0 Å². The van der Waals surface area contributed by atoms with E-state index < -0.39 is 31.4 Å². The van der Waals surface area contributed by atoms with E-state index in [-0.39, 0.29) is 14.7 Å². The lowest BCUT2D eigenvalue weighted by Gasteiger charge is -2.07. The predicted octanol–water partition coefficient (Wildman–Crippen LogP) is 1.47. The molecule has 0 bridgehead atoms. The Hall–Kier alpha value is -2.19. The second-order valence-electron chi connectivity index (χ2n) is 4.62. The summed E-state index contributed by atoms with van der Waals surface area (Å²) in [5.74, 6) is -1.68. The average molecular weight is 354 g/mol. The molecule has 2 aromatic carbocycles. The number of methoxy groups -OCH3 is 1. The molecule has 0 saturated heterocycles. The van der Waals surface area contributed by atoms with Crippen LogP contribution in [0, 0.1) is 0 Å². The predicted molar refractivity (Wildman–Crippen MR) is 82.4 cm³/mol. The Morgan fingerprint density at radius 3 is 1.83 bits per heavy atom. The van der Waals surface area contributed by atoms with E-state index in [2.05, 4.69) is 4.74 Å². The van der Waals surface area contributed by atoms with Gasteiger partial charge in [-0.05, 0) is 36.4 Å². The molecule has 0 atom stereocenters. The summed E-state index contributed by atoms with van der Waals surface area (Å²) in [7, 11) is -6.49. The van der Waals surface area contributed by atoms with Crippen molar-refractivity contribution in [3.63, 3.8) is 0 Å². The van der Waals surface area contributed by atoms with Crippen molar-refractivity contribution in [2.45, 2.75) is 14.7 Å². The first-order valence-corrected chi connectivity index (χ1v) is 9.61. The van der Waals surface area contributed by atoms with Gasteiger partial charge in [-0.3, -0.25) is 4.79 Å². The standard InChI is InChI=1S/C15H14O6S2/c1-21-15(16)11-22(17,18)12-7-9-14(10-8-12)23(19,20)13-5-3-2-4-6-13/h2-10H,11H2,1H3. The summed E-state index contributed by atoms with van der Waals surface area (Å²) < 4.78 is 53.1. The van der Waals surface area contributed by atoms with Crippen LogP contribution in [0.5, 0.6) is 0 Å². The number of ether oxygens (including phenoxy) is 1. The third-order valence-corrected chi connectivity index (χ3v) is 6.47. The maximum atomic E-state index is 12.4. The maximum Gasteiger partial charge on any atom is 0.321 e. The second kappa shape index (κ2) is 6.51. The van der Waals surface area contributed by atoms with Gasteiger partial charge in [0.15, 0.2) is 15.6 Å². The summed E-state index contributed by atoms with van der Waals surface area (Å²) in [4.78, 5) is 11.1. The Kier molecular flexibility index (Phi) is 4.86. The SMILES string of the molecule is COC(=O)CS(=O)(=O)c1ccc(S(=O)(=O)c2ccccc2)cc1. The second-order valence-corrected chi connectivity index (χ2v) is 8.56. The molecule has 6 nitrogen and oxygen atoms in total. The van der Waals surface area contributed by atoms with Gasteiger partial charge in [0.2, 0.25) is 9.84 Å². The molecule has 0 unspecified atom stereocenters. The fraction of sp³-hybridized carbons (Fsp3) is 0.133. The number of rotatable bonds is 5. The average Bonchev–Trinajstić information content (AvgIpc) is 2.55. The summed E-state index contributed by atoms with van der Waals surface area (Å²) >= 11 is 0. The molecule has 0 saturated carbocycles. The zero-order valence-electron chi connectivity index (χ0n) is 12.2. The molecule has 0 amide bonds. The van der Waals surface area contributed by atoms with Crippen LogP contribution < -0.4 is 0 Å². The fourth-order valence-corrected chi connectivity index (χ4v) is 4.29. The topological polar surface area (TPSA) is 94.6 Å².